The number of methoxy groups -OCH3 is 1. The van der Waals surface area contributed by atoms with E-state index in [-0.39, 0.29) is 5.57 Å². The quantitative estimate of drug-likeness (QED) is 0.281. The normalized spacial score (nSPS) is 10.8. The lowest BCUT2D eigenvalue weighted by molar-refractivity contribution is -0.112. The number of carbonyl (C=O) groups excluding carboxylic acids is 1. The molecule has 32 heavy (non-hydrogen) atoms. The molecule has 0 aliphatic carbocycles. The number of anilines is 1. The van der Waals surface area contributed by atoms with Gasteiger partial charge in [-0.15, -0.1) is 10.2 Å². The zero-order chi connectivity index (χ0) is 22.8. The molecule has 0 aliphatic heterocycles. The van der Waals surface area contributed by atoms with E-state index in [4.69, 9.17) is 14.2 Å². The van der Waals surface area contributed by atoms with Crippen LogP contribution in [0.5, 0.6) is 17.2 Å². The number of nitriles is 1. The largest absolute Gasteiger partial charge is 0.493 e. The molecule has 2 aromatic carbocycles. The molecule has 0 saturated carbocycles. The Morgan fingerprint density at radius 2 is 1.81 bits per heavy atom. The number of aryl methyl sites for hydroxylation is 1. The maximum Gasteiger partial charge on any atom is 0.268 e. The maximum atomic E-state index is 12.3. The van der Waals surface area contributed by atoms with Crippen molar-refractivity contribution in [2.45, 2.75) is 13.3 Å². The molecule has 0 radical (unpaired) electrons. The summed E-state index contributed by atoms with van der Waals surface area (Å²) in [6.45, 7) is 2.65. The molecule has 1 heterocycles. The van der Waals surface area contributed by atoms with Crippen molar-refractivity contribution in [3.05, 3.63) is 64.7 Å². The summed E-state index contributed by atoms with van der Waals surface area (Å²) in [5.74, 6) is 1.44. The van der Waals surface area contributed by atoms with Crippen molar-refractivity contribution in [1.29, 1.82) is 5.26 Å². The number of hydrogen-bond donors (Lipinski definition) is 1. The highest BCUT2D eigenvalue weighted by Gasteiger charge is 2.12. The molecule has 1 aromatic heterocycles. The third-order valence-electron chi connectivity index (χ3n) is 4.22. The van der Waals surface area contributed by atoms with Gasteiger partial charge in [-0.05, 0) is 42.3 Å². The van der Waals surface area contributed by atoms with Crippen LogP contribution in [0.4, 0.5) is 5.13 Å². The Morgan fingerprint density at radius 1 is 1.09 bits per heavy atom. The van der Waals surface area contributed by atoms with E-state index in [0.717, 1.165) is 11.4 Å². The Morgan fingerprint density at radius 3 is 2.47 bits per heavy atom. The molecule has 0 aliphatic rings. The van der Waals surface area contributed by atoms with Crippen LogP contribution in [-0.2, 0) is 11.2 Å². The second kappa shape index (κ2) is 11.5. The summed E-state index contributed by atoms with van der Waals surface area (Å²) >= 11 is 1.28. The van der Waals surface area contributed by atoms with E-state index >= 15 is 0 Å². The van der Waals surface area contributed by atoms with Crippen molar-refractivity contribution < 1.29 is 19.0 Å². The van der Waals surface area contributed by atoms with Crippen LogP contribution in [0, 0.1) is 11.3 Å². The third kappa shape index (κ3) is 6.30. The number of nitrogens with zero attached hydrogens (tertiary/aromatic N) is 3. The average molecular weight is 451 g/mol. The first-order valence-electron chi connectivity index (χ1n) is 9.87. The fourth-order valence-corrected chi connectivity index (χ4v) is 3.31. The van der Waals surface area contributed by atoms with Crippen LogP contribution in [0.15, 0.2) is 54.1 Å². The number of ether oxygens (including phenoxy) is 3. The molecule has 9 heteroatoms. The molecule has 3 aromatic rings. The summed E-state index contributed by atoms with van der Waals surface area (Å²) in [5, 5.41) is 21.0. The van der Waals surface area contributed by atoms with Crippen LogP contribution in [0.25, 0.3) is 6.08 Å². The van der Waals surface area contributed by atoms with Gasteiger partial charge in [-0.25, -0.2) is 0 Å². The summed E-state index contributed by atoms with van der Waals surface area (Å²) in [7, 11) is 1.59. The molecule has 0 spiro atoms. The minimum absolute atomic E-state index is 0.0304. The topological polar surface area (TPSA) is 106 Å². The lowest BCUT2D eigenvalue weighted by Gasteiger charge is -2.11. The van der Waals surface area contributed by atoms with Crippen LogP contribution >= 0.6 is 11.3 Å². The van der Waals surface area contributed by atoms with E-state index in [1.807, 2.05) is 37.3 Å². The summed E-state index contributed by atoms with van der Waals surface area (Å²) in [5.41, 5.74) is 0.665. The predicted octanol–water partition coefficient (Wildman–Crippen LogP) is 4.11. The van der Waals surface area contributed by atoms with Crippen LogP contribution in [-0.4, -0.2) is 36.4 Å². The first-order chi connectivity index (χ1) is 15.6. The van der Waals surface area contributed by atoms with Gasteiger partial charge in [-0.1, -0.05) is 42.5 Å². The standard InChI is InChI=1S/C23H22N4O4S/c1-3-21-26-27-23(32-21)25-22(28)17(15-24)14-16-8-10-18(11-9-16)30-12-13-31-20-7-5-4-6-19(20)29-2/h4-11,14H,3,12-13H2,1-2H3,(H,25,27,28)/b17-14-. The second-order valence-electron chi connectivity index (χ2n) is 6.40. The highest BCUT2D eigenvalue weighted by Crippen LogP contribution is 2.25. The number of benzene rings is 2. The zero-order valence-corrected chi connectivity index (χ0v) is 18.5. The Balaban J connectivity index is 1.52. The molecule has 0 atom stereocenters. The van der Waals surface area contributed by atoms with Gasteiger partial charge in [0.25, 0.3) is 5.91 Å². The monoisotopic (exact) mass is 450 g/mol. The van der Waals surface area contributed by atoms with Crippen molar-refractivity contribution in [2.24, 2.45) is 0 Å². The number of rotatable bonds is 10. The Hall–Kier alpha value is -3.90. The number of nitrogens with one attached hydrogen (secondary N) is 1. The van der Waals surface area contributed by atoms with Crippen LogP contribution < -0.4 is 19.5 Å². The van der Waals surface area contributed by atoms with E-state index in [9.17, 15) is 10.1 Å². The smallest absolute Gasteiger partial charge is 0.268 e. The van der Waals surface area contributed by atoms with Crippen LogP contribution in [0.2, 0.25) is 0 Å². The predicted molar refractivity (Wildman–Crippen MR) is 122 cm³/mol. The van der Waals surface area contributed by atoms with Crippen LogP contribution in [0.3, 0.4) is 0 Å². The number of para-hydroxylation sites is 2. The molecule has 0 unspecified atom stereocenters. The Bertz CT molecular complexity index is 1120. The van der Waals surface area contributed by atoms with Gasteiger partial charge < -0.3 is 14.2 Å². The summed E-state index contributed by atoms with van der Waals surface area (Å²) in [4.78, 5) is 12.3. The summed E-state index contributed by atoms with van der Waals surface area (Å²) in [6.07, 6.45) is 2.24. The molecule has 164 valence electrons. The highest BCUT2D eigenvalue weighted by molar-refractivity contribution is 7.15. The van der Waals surface area contributed by atoms with E-state index in [1.165, 1.54) is 17.4 Å². The van der Waals surface area contributed by atoms with E-state index in [2.05, 4.69) is 15.5 Å². The summed E-state index contributed by atoms with van der Waals surface area (Å²) < 4.78 is 16.6. The van der Waals surface area contributed by atoms with Crippen molar-refractivity contribution in [3.63, 3.8) is 0 Å². The highest BCUT2D eigenvalue weighted by atomic mass is 32.1. The minimum atomic E-state index is -0.528. The fourth-order valence-electron chi connectivity index (χ4n) is 2.64. The minimum Gasteiger partial charge on any atom is -0.493 e. The first kappa shape index (κ1) is 22.8. The summed E-state index contributed by atoms with van der Waals surface area (Å²) in [6, 6.07) is 16.4. The molecular weight excluding hydrogens is 428 g/mol. The molecule has 0 saturated heterocycles. The van der Waals surface area contributed by atoms with E-state index < -0.39 is 5.91 Å². The van der Waals surface area contributed by atoms with Crippen molar-refractivity contribution in [2.75, 3.05) is 25.6 Å². The maximum absolute atomic E-state index is 12.3. The SMILES string of the molecule is CCc1nnc(NC(=O)/C(C#N)=C\c2ccc(OCCOc3ccccc3OC)cc2)s1. The Kier molecular flexibility index (Phi) is 8.17. The molecular formula is C23H22N4O4S. The van der Waals surface area contributed by atoms with Gasteiger partial charge in [0.1, 0.15) is 35.6 Å². The number of carbonyl (C=O) groups is 1. The van der Waals surface area contributed by atoms with Crippen molar-refractivity contribution >= 4 is 28.5 Å². The zero-order valence-electron chi connectivity index (χ0n) is 17.7. The van der Waals surface area contributed by atoms with Gasteiger partial charge in [0.05, 0.1) is 7.11 Å². The first-order valence-corrected chi connectivity index (χ1v) is 10.7. The van der Waals surface area contributed by atoms with Crippen molar-refractivity contribution in [3.8, 4) is 23.3 Å². The molecule has 1 N–H and O–H groups in total. The van der Waals surface area contributed by atoms with E-state index in [1.54, 1.807) is 31.4 Å². The van der Waals surface area contributed by atoms with Crippen molar-refractivity contribution in [1.82, 2.24) is 10.2 Å². The van der Waals surface area contributed by atoms with Crippen LogP contribution in [0.1, 0.15) is 17.5 Å². The van der Waals surface area contributed by atoms with Gasteiger partial charge in [-0.2, -0.15) is 5.26 Å². The van der Waals surface area contributed by atoms with Gasteiger partial charge in [0.2, 0.25) is 5.13 Å². The Labute approximate surface area is 190 Å². The number of aromatic nitrogens is 2. The molecule has 1 amide bonds. The van der Waals surface area contributed by atoms with Gasteiger partial charge in [0, 0.05) is 0 Å². The average Bonchev–Trinajstić information content (AvgIpc) is 3.28. The molecule has 0 bridgehead atoms. The number of hydrogen-bond acceptors (Lipinski definition) is 8. The lowest BCUT2D eigenvalue weighted by atomic mass is 10.1. The van der Waals surface area contributed by atoms with Gasteiger partial charge in [-0.3, -0.25) is 10.1 Å². The van der Waals surface area contributed by atoms with E-state index in [0.29, 0.717) is 41.2 Å². The fraction of sp³-hybridized carbons (Fsp3) is 0.217. The van der Waals surface area contributed by atoms with Gasteiger partial charge >= 0.3 is 0 Å². The molecule has 8 nitrogen and oxygen atoms in total. The number of amides is 1. The molecule has 0 fully saturated rings. The third-order valence-corrected chi connectivity index (χ3v) is 5.21. The second-order valence-corrected chi connectivity index (χ2v) is 7.46. The van der Waals surface area contributed by atoms with Gasteiger partial charge in [0.15, 0.2) is 11.5 Å². The molecule has 3 rings (SSSR count). The lowest BCUT2D eigenvalue weighted by Crippen LogP contribution is -2.13.